The molecule has 0 saturated carbocycles. The number of alkyl halides is 3. The molecule has 2 aromatic carbocycles. The first-order valence-corrected chi connectivity index (χ1v) is 11.9. The number of anilines is 3. The first kappa shape index (κ1) is 24.1. The maximum Gasteiger partial charge on any atom is 0.416 e. The lowest BCUT2D eigenvalue weighted by Gasteiger charge is -2.34. The van der Waals surface area contributed by atoms with Crippen molar-refractivity contribution in [2.45, 2.75) is 25.9 Å². The van der Waals surface area contributed by atoms with Gasteiger partial charge in [0.1, 0.15) is 11.6 Å². The molecular formula is C26H28F3N7. The van der Waals surface area contributed by atoms with Gasteiger partial charge >= 0.3 is 6.18 Å². The van der Waals surface area contributed by atoms with Crippen LogP contribution in [0.25, 0.3) is 10.9 Å². The minimum absolute atomic E-state index is 0.397. The van der Waals surface area contributed by atoms with Crippen molar-refractivity contribution in [3.8, 4) is 0 Å². The molecular weight excluding hydrogens is 467 g/mol. The summed E-state index contributed by atoms with van der Waals surface area (Å²) in [5.41, 5.74) is 2.75. The SMILES string of the molecule is Cc1cc(Nc2nc(CCc3cccc(C(F)(F)F)c3)nc3cc(N4CCN(C)CC4)ccc23)n[nH]1. The van der Waals surface area contributed by atoms with E-state index >= 15 is 0 Å². The molecule has 4 aromatic rings. The molecule has 1 aliphatic rings. The summed E-state index contributed by atoms with van der Waals surface area (Å²) >= 11 is 0. The van der Waals surface area contributed by atoms with Crippen LogP contribution in [-0.4, -0.2) is 58.3 Å². The fraction of sp³-hybridized carbons (Fsp3) is 0.346. The first-order valence-electron chi connectivity index (χ1n) is 11.9. The molecule has 0 radical (unpaired) electrons. The molecule has 1 fully saturated rings. The van der Waals surface area contributed by atoms with Crippen LogP contribution in [0.3, 0.4) is 0 Å². The third kappa shape index (κ3) is 5.43. The topological polar surface area (TPSA) is 73.0 Å². The highest BCUT2D eigenvalue weighted by molar-refractivity contribution is 5.92. The molecule has 1 saturated heterocycles. The zero-order chi connectivity index (χ0) is 25.3. The molecule has 3 heterocycles. The Balaban J connectivity index is 1.46. The van der Waals surface area contributed by atoms with Crippen LogP contribution in [0.5, 0.6) is 0 Å². The molecule has 0 unspecified atom stereocenters. The molecule has 36 heavy (non-hydrogen) atoms. The second-order valence-electron chi connectivity index (χ2n) is 9.24. The standard InChI is InChI=1S/C26H28F3N7/c1-17-14-24(34-33-17)32-25-21-8-7-20(36-12-10-35(2)11-13-36)16-22(21)30-23(31-25)9-6-18-4-3-5-19(15-18)26(27,28)29/h3-5,7-8,14-16H,6,9-13H2,1-2H3,(H2,30,31,32,33,34). The number of piperazine rings is 1. The highest BCUT2D eigenvalue weighted by Gasteiger charge is 2.30. The number of nitrogens with one attached hydrogen (secondary N) is 2. The number of likely N-dealkylation sites (N-methyl/N-ethyl adjacent to an activating group) is 1. The third-order valence-electron chi connectivity index (χ3n) is 6.44. The number of rotatable bonds is 6. The van der Waals surface area contributed by atoms with Crippen LogP contribution in [0.15, 0.2) is 48.5 Å². The maximum absolute atomic E-state index is 13.1. The maximum atomic E-state index is 13.1. The predicted octanol–water partition coefficient (Wildman–Crippen LogP) is 4.96. The van der Waals surface area contributed by atoms with Crippen molar-refractivity contribution in [2.75, 3.05) is 43.4 Å². The molecule has 2 N–H and O–H groups in total. The molecule has 2 aromatic heterocycles. The van der Waals surface area contributed by atoms with Gasteiger partial charge in [-0.05, 0) is 50.2 Å². The summed E-state index contributed by atoms with van der Waals surface area (Å²) in [6, 6.07) is 13.5. The van der Waals surface area contributed by atoms with Gasteiger partial charge in [-0.2, -0.15) is 18.3 Å². The summed E-state index contributed by atoms with van der Waals surface area (Å²) in [5.74, 6) is 1.82. The van der Waals surface area contributed by atoms with Gasteiger partial charge < -0.3 is 15.1 Å². The average Bonchev–Trinajstić information content (AvgIpc) is 3.27. The zero-order valence-electron chi connectivity index (χ0n) is 20.2. The molecule has 0 atom stereocenters. The molecule has 10 heteroatoms. The van der Waals surface area contributed by atoms with Crippen molar-refractivity contribution < 1.29 is 13.2 Å². The number of H-pyrrole nitrogens is 1. The normalized spacial score (nSPS) is 15.0. The van der Waals surface area contributed by atoms with Gasteiger partial charge in [-0.1, -0.05) is 18.2 Å². The van der Waals surface area contributed by atoms with Gasteiger partial charge in [0.05, 0.1) is 11.1 Å². The molecule has 1 aliphatic heterocycles. The number of nitrogens with zero attached hydrogens (tertiary/aromatic N) is 5. The largest absolute Gasteiger partial charge is 0.416 e. The fourth-order valence-corrected chi connectivity index (χ4v) is 4.40. The first-order chi connectivity index (χ1) is 17.2. The Hall–Kier alpha value is -3.66. The summed E-state index contributed by atoms with van der Waals surface area (Å²) < 4.78 is 39.4. The van der Waals surface area contributed by atoms with E-state index < -0.39 is 11.7 Å². The molecule has 0 aliphatic carbocycles. The summed E-state index contributed by atoms with van der Waals surface area (Å²) in [4.78, 5) is 14.2. The summed E-state index contributed by atoms with van der Waals surface area (Å²) in [6.07, 6.45) is -3.56. The van der Waals surface area contributed by atoms with Crippen molar-refractivity contribution in [1.29, 1.82) is 0 Å². The van der Waals surface area contributed by atoms with Crippen LogP contribution in [-0.2, 0) is 19.0 Å². The monoisotopic (exact) mass is 495 g/mol. The molecule has 7 nitrogen and oxygen atoms in total. The fourth-order valence-electron chi connectivity index (χ4n) is 4.40. The lowest BCUT2D eigenvalue weighted by atomic mass is 10.1. The minimum Gasteiger partial charge on any atom is -0.369 e. The van der Waals surface area contributed by atoms with Crippen LogP contribution < -0.4 is 10.2 Å². The van der Waals surface area contributed by atoms with Gasteiger partial charge in [0.15, 0.2) is 5.82 Å². The van der Waals surface area contributed by atoms with Gasteiger partial charge in [0.2, 0.25) is 0 Å². The number of fused-ring (bicyclic) bond motifs is 1. The van der Waals surface area contributed by atoms with E-state index in [1.165, 1.54) is 12.1 Å². The highest BCUT2D eigenvalue weighted by Crippen LogP contribution is 2.31. The number of aromatic amines is 1. The van der Waals surface area contributed by atoms with Crippen LogP contribution in [0.4, 0.5) is 30.5 Å². The summed E-state index contributed by atoms with van der Waals surface area (Å²) in [7, 11) is 2.12. The van der Waals surface area contributed by atoms with E-state index in [4.69, 9.17) is 9.97 Å². The molecule has 0 amide bonds. The minimum atomic E-state index is -4.37. The Morgan fingerprint density at radius 2 is 1.78 bits per heavy atom. The Kier molecular flexibility index (Phi) is 6.53. The van der Waals surface area contributed by atoms with E-state index in [0.717, 1.165) is 54.5 Å². The Bertz CT molecular complexity index is 1360. The van der Waals surface area contributed by atoms with Crippen LogP contribution in [0.1, 0.15) is 22.6 Å². The van der Waals surface area contributed by atoms with Gasteiger partial charge in [-0.3, -0.25) is 5.10 Å². The van der Waals surface area contributed by atoms with Gasteiger partial charge in [0, 0.05) is 55.4 Å². The summed E-state index contributed by atoms with van der Waals surface area (Å²) in [6.45, 7) is 5.78. The number of hydrogen-bond acceptors (Lipinski definition) is 6. The number of benzene rings is 2. The van der Waals surface area contributed by atoms with E-state index in [1.807, 2.05) is 19.1 Å². The Morgan fingerprint density at radius 1 is 0.972 bits per heavy atom. The quantitative estimate of drug-likeness (QED) is 0.394. The second kappa shape index (κ2) is 9.77. The molecule has 0 bridgehead atoms. The van der Waals surface area contributed by atoms with Crippen molar-refractivity contribution in [2.24, 2.45) is 0 Å². The molecule has 0 spiro atoms. The number of aryl methyl sites for hydroxylation is 3. The van der Waals surface area contributed by atoms with E-state index in [1.54, 1.807) is 6.07 Å². The van der Waals surface area contributed by atoms with Crippen LogP contribution in [0, 0.1) is 6.92 Å². The van der Waals surface area contributed by atoms with Crippen molar-refractivity contribution in [1.82, 2.24) is 25.1 Å². The van der Waals surface area contributed by atoms with Gasteiger partial charge in [0.25, 0.3) is 0 Å². The smallest absolute Gasteiger partial charge is 0.369 e. The van der Waals surface area contributed by atoms with Crippen LogP contribution in [0.2, 0.25) is 0 Å². The zero-order valence-corrected chi connectivity index (χ0v) is 20.2. The Labute approximate surface area is 207 Å². The summed E-state index contributed by atoms with van der Waals surface area (Å²) in [5, 5.41) is 11.3. The van der Waals surface area contributed by atoms with Crippen LogP contribution >= 0.6 is 0 Å². The third-order valence-corrected chi connectivity index (χ3v) is 6.44. The second-order valence-corrected chi connectivity index (χ2v) is 9.24. The molecule has 5 rings (SSSR count). The van der Waals surface area contributed by atoms with Crippen molar-refractivity contribution >= 4 is 28.2 Å². The lowest BCUT2D eigenvalue weighted by molar-refractivity contribution is -0.137. The van der Waals surface area contributed by atoms with Crippen molar-refractivity contribution in [3.63, 3.8) is 0 Å². The average molecular weight is 496 g/mol. The molecule has 188 valence electrons. The van der Waals surface area contributed by atoms with Gasteiger partial charge in [-0.15, -0.1) is 0 Å². The van der Waals surface area contributed by atoms with E-state index in [-0.39, 0.29) is 0 Å². The lowest BCUT2D eigenvalue weighted by Crippen LogP contribution is -2.44. The van der Waals surface area contributed by atoms with E-state index in [0.29, 0.717) is 35.9 Å². The Morgan fingerprint density at radius 3 is 2.50 bits per heavy atom. The van der Waals surface area contributed by atoms with E-state index in [9.17, 15) is 13.2 Å². The predicted molar refractivity (Wildman–Crippen MR) is 135 cm³/mol. The highest BCUT2D eigenvalue weighted by atomic mass is 19.4. The number of hydrogen-bond donors (Lipinski definition) is 2. The number of aromatic nitrogens is 4. The number of halogens is 3. The van der Waals surface area contributed by atoms with E-state index in [2.05, 4.69) is 44.5 Å². The van der Waals surface area contributed by atoms with Crippen molar-refractivity contribution in [3.05, 3.63) is 71.2 Å². The van der Waals surface area contributed by atoms with Gasteiger partial charge in [-0.25, -0.2) is 9.97 Å².